The topological polar surface area (TPSA) is 57.8 Å². The molecule has 0 aliphatic heterocycles. The van der Waals surface area contributed by atoms with Crippen molar-refractivity contribution in [2.45, 2.75) is 39.0 Å². The summed E-state index contributed by atoms with van der Waals surface area (Å²) in [6.07, 6.45) is 5.25. The normalized spacial score (nSPS) is 17.8. The highest BCUT2D eigenvalue weighted by atomic mass is 32.1. The number of aryl methyl sites for hydroxylation is 3. The predicted octanol–water partition coefficient (Wildman–Crippen LogP) is 2.94. The molecule has 2 heterocycles. The van der Waals surface area contributed by atoms with E-state index in [2.05, 4.69) is 22.2 Å². The molecule has 2 N–H and O–H groups in total. The number of fused-ring (bicyclic) bond motifs is 1. The van der Waals surface area contributed by atoms with Gasteiger partial charge in [0.15, 0.2) is 0 Å². The lowest BCUT2D eigenvalue weighted by Crippen LogP contribution is -2.30. The molecule has 20 heavy (non-hydrogen) atoms. The van der Waals surface area contributed by atoms with Crippen molar-refractivity contribution in [2.75, 3.05) is 6.54 Å². The molecular formula is C15H19N3OS. The molecule has 2 aromatic rings. The van der Waals surface area contributed by atoms with Gasteiger partial charge in [0.1, 0.15) is 0 Å². The molecule has 1 amide bonds. The molecule has 0 bridgehead atoms. The molecule has 1 atom stereocenters. The molecule has 2 aromatic heterocycles. The first-order valence-electron chi connectivity index (χ1n) is 7.03. The Balaban J connectivity index is 1.68. The number of carbonyl (C=O) groups excluding carboxylic acids is 1. The Kier molecular flexibility index (Phi) is 3.61. The SMILES string of the molecule is Cc1nc2c(s1)CCC[C@@H]2CNC(=O)c1cc[nH]c1C. The smallest absolute Gasteiger partial charge is 0.253 e. The molecule has 1 aliphatic carbocycles. The van der Waals surface area contributed by atoms with Gasteiger partial charge in [-0.15, -0.1) is 11.3 Å². The molecule has 0 saturated carbocycles. The summed E-state index contributed by atoms with van der Waals surface area (Å²) in [6, 6.07) is 1.82. The number of aromatic amines is 1. The summed E-state index contributed by atoms with van der Waals surface area (Å²) in [5.41, 5.74) is 2.86. The zero-order chi connectivity index (χ0) is 14.1. The highest BCUT2D eigenvalue weighted by Gasteiger charge is 2.24. The average molecular weight is 289 g/mol. The Hall–Kier alpha value is -1.62. The maximum Gasteiger partial charge on any atom is 0.253 e. The minimum atomic E-state index is 0.00262. The third kappa shape index (κ3) is 2.50. The molecule has 0 fully saturated rings. The van der Waals surface area contributed by atoms with Crippen LogP contribution in [0.25, 0.3) is 0 Å². The Labute approximate surface area is 122 Å². The highest BCUT2D eigenvalue weighted by molar-refractivity contribution is 7.11. The van der Waals surface area contributed by atoms with Gasteiger partial charge in [0, 0.05) is 29.2 Å². The second kappa shape index (κ2) is 5.40. The first-order valence-corrected chi connectivity index (χ1v) is 7.85. The number of nitrogens with one attached hydrogen (secondary N) is 2. The highest BCUT2D eigenvalue weighted by Crippen LogP contribution is 2.34. The third-order valence-electron chi connectivity index (χ3n) is 3.89. The number of H-pyrrole nitrogens is 1. The first kappa shape index (κ1) is 13.4. The van der Waals surface area contributed by atoms with Crippen molar-refractivity contribution in [3.05, 3.63) is 39.1 Å². The molecule has 0 saturated heterocycles. The first-order chi connectivity index (χ1) is 9.65. The summed E-state index contributed by atoms with van der Waals surface area (Å²) in [6.45, 7) is 4.65. The standard InChI is InChI=1S/C15H19N3OS/c1-9-12(6-7-16-9)15(19)17-8-11-4-3-5-13-14(11)18-10(2)20-13/h6-7,11,16H,3-5,8H2,1-2H3,(H,17,19)/t11-/m1/s1. The summed E-state index contributed by atoms with van der Waals surface area (Å²) in [5, 5.41) is 4.19. The van der Waals surface area contributed by atoms with Crippen molar-refractivity contribution in [3.8, 4) is 0 Å². The molecule has 0 radical (unpaired) electrons. The van der Waals surface area contributed by atoms with E-state index in [4.69, 9.17) is 0 Å². The number of nitrogens with zero attached hydrogens (tertiary/aromatic N) is 1. The number of hydrogen-bond donors (Lipinski definition) is 2. The lowest BCUT2D eigenvalue weighted by atomic mass is 9.91. The monoisotopic (exact) mass is 289 g/mol. The van der Waals surface area contributed by atoms with Gasteiger partial charge in [0.05, 0.1) is 16.3 Å². The Morgan fingerprint density at radius 1 is 1.55 bits per heavy atom. The van der Waals surface area contributed by atoms with Crippen molar-refractivity contribution in [1.29, 1.82) is 0 Å². The van der Waals surface area contributed by atoms with Crippen LogP contribution in [0.4, 0.5) is 0 Å². The molecule has 0 spiro atoms. The van der Waals surface area contributed by atoms with Gasteiger partial charge in [-0.1, -0.05) is 0 Å². The summed E-state index contributed by atoms with van der Waals surface area (Å²) >= 11 is 1.80. The number of hydrogen-bond acceptors (Lipinski definition) is 3. The van der Waals surface area contributed by atoms with Crippen molar-refractivity contribution < 1.29 is 4.79 Å². The molecule has 0 unspecified atom stereocenters. The number of carbonyl (C=O) groups is 1. The fourth-order valence-corrected chi connectivity index (χ4v) is 3.90. The molecule has 3 rings (SSSR count). The van der Waals surface area contributed by atoms with E-state index in [1.165, 1.54) is 17.0 Å². The van der Waals surface area contributed by atoms with E-state index < -0.39 is 0 Å². The summed E-state index contributed by atoms with van der Waals surface area (Å²) in [4.78, 5) is 21.2. The molecular weight excluding hydrogens is 270 g/mol. The molecule has 0 aromatic carbocycles. The quantitative estimate of drug-likeness (QED) is 0.912. The Morgan fingerprint density at radius 2 is 2.40 bits per heavy atom. The van der Waals surface area contributed by atoms with Crippen molar-refractivity contribution in [3.63, 3.8) is 0 Å². The zero-order valence-corrected chi connectivity index (χ0v) is 12.6. The van der Waals surface area contributed by atoms with Gasteiger partial charge in [-0.2, -0.15) is 0 Å². The fraction of sp³-hybridized carbons (Fsp3) is 0.467. The Bertz CT molecular complexity index is 629. The minimum absolute atomic E-state index is 0.00262. The van der Waals surface area contributed by atoms with Gasteiger partial charge in [-0.25, -0.2) is 4.98 Å². The van der Waals surface area contributed by atoms with E-state index in [1.54, 1.807) is 17.5 Å². The van der Waals surface area contributed by atoms with Crippen LogP contribution in [0.2, 0.25) is 0 Å². The van der Waals surface area contributed by atoms with E-state index in [0.717, 1.165) is 29.1 Å². The summed E-state index contributed by atoms with van der Waals surface area (Å²) in [5.74, 6) is 0.370. The number of amides is 1. The molecule has 1 aliphatic rings. The molecule has 4 nitrogen and oxygen atoms in total. The van der Waals surface area contributed by atoms with Gasteiger partial charge < -0.3 is 10.3 Å². The minimum Gasteiger partial charge on any atom is -0.365 e. The number of aromatic nitrogens is 2. The molecule has 106 valence electrons. The largest absolute Gasteiger partial charge is 0.365 e. The van der Waals surface area contributed by atoms with Gasteiger partial charge >= 0.3 is 0 Å². The van der Waals surface area contributed by atoms with Crippen LogP contribution in [0, 0.1) is 13.8 Å². The number of rotatable bonds is 3. The average Bonchev–Trinajstić information content (AvgIpc) is 3.00. The van der Waals surface area contributed by atoms with Crippen molar-refractivity contribution in [1.82, 2.24) is 15.3 Å². The second-order valence-electron chi connectivity index (χ2n) is 5.36. The van der Waals surface area contributed by atoms with Crippen LogP contribution in [0.1, 0.15) is 50.4 Å². The van der Waals surface area contributed by atoms with Crippen LogP contribution < -0.4 is 5.32 Å². The maximum absolute atomic E-state index is 12.1. The third-order valence-corrected chi connectivity index (χ3v) is 4.93. The van der Waals surface area contributed by atoms with Crippen LogP contribution in [-0.4, -0.2) is 22.4 Å². The van der Waals surface area contributed by atoms with Crippen LogP contribution in [0.15, 0.2) is 12.3 Å². The van der Waals surface area contributed by atoms with Gasteiger partial charge in [0.25, 0.3) is 5.91 Å². The van der Waals surface area contributed by atoms with Crippen molar-refractivity contribution >= 4 is 17.2 Å². The van der Waals surface area contributed by atoms with Crippen molar-refractivity contribution in [2.24, 2.45) is 0 Å². The fourth-order valence-electron chi connectivity index (χ4n) is 2.84. The summed E-state index contributed by atoms with van der Waals surface area (Å²) < 4.78 is 0. The van der Waals surface area contributed by atoms with E-state index in [1.807, 2.05) is 13.0 Å². The van der Waals surface area contributed by atoms with E-state index >= 15 is 0 Å². The predicted molar refractivity (Wildman–Crippen MR) is 80.4 cm³/mol. The number of thiazole rings is 1. The maximum atomic E-state index is 12.1. The Morgan fingerprint density at radius 3 is 3.15 bits per heavy atom. The lowest BCUT2D eigenvalue weighted by Gasteiger charge is -2.21. The second-order valence-corrected chi connectivity index (χ2v) is 6.64. The zero-order valence-electron chi connectivity index (χ0n) is 11.8. The van der Waals surface area contributed by atoms with Gasteiger partial charge in [-0.3, -0.25) is 4.79 Å². The lowest BCUT2D eigenvalue weighted by molar-refractivity contribution is 0.0949. The molecule has 5 heteroatoms. The summed E-state index contributed by atoms with van der Waals surface area (Å²) in [7, 11) is 0. The van der Waals surface area contributed by atoms with Gasteiger partial charge in [-0.05, 0) is 39.2 Å². The van der Waals surface area contributed by atoms with E-state index in [0.29, 0.717) is 12.5 Å². The van der Waals surface area contributed by atoms with Crippen LogP contribution in [0.3, 0.4) is 0 Å². The van der Waals surface area contributed by atoms with E-state index in [-0.39, 0.29) is 5.91 Å². The van der Waals surface area contributed by atoms with E-state index in [9.17, 15) is 4.79 Å². The van der Waals surface area contributed by atoms with Crippen LogP contribution in [0.5, 0.6) is 0 Å². The van der Waals surface area contributed by atoms with Crippen LogP contribution >= 0.6 is 11.3 Å². The van der Waals surface area contributed by atoms with Crippen LogP contribution in [-0.2, 0) is 6.42 Å². The van der Waals surface area contributed by atoms with Gasteiger partial charge in [0.2, 0.25) is 0 Å².